The number of rotatable bonds is 4. The molecule has 0 fully saturated rings. The largest absolute Gasteiger partial charge is 0.305 e. The van der Waals surface area contributed by atoms with Gasteiger partial charge in [-0.15, -0.1) is 0 Å². The molecule has 1 unspecified atom stereocenters. The highest BCUT2D eigenvalue weighted by atomic mass is 32.2. The minimum atomic E-state index is -2.78. The molecule has 5 heteroatoms. The molecule has 0 radical (unpaired) electrons. The fourth-order valence-corrected chi connectivity index (χ4v) is 0.774. The van der Waals surface area contributed by atoms with Gasteiger partial charge in [-0.25, -0.2) is 8.42 Å². The molecule has 0 aliphatic rings. The summed E-state index contributed by atoms with van der Waals surface area (Å²) >= 11 is 0. The Labute approximate surface area is 56.2 Å². The second-order valence-corrected chi connectivity index (χ2v) is 2.31. The normalized spacial score (nSPS) is 14.1. The van der Waals surface area contributed by atoms with Gasteiger partial charge in [-0.05, 0) is 6.42 Å². The quantitative estimate of drug-likeness (QED) is 0.426. The molecular formula is C4H11NO3S. The van der Waals surface area contributed by atoms with Crippen LogP contribution in [0.5, 0.6) is 0 Å². The van der Waals surface area contributed by atoms with Crippen molar-refractivity contribution in [2.24, 2.45) is 5.73 Å². The van der Waals surface area contributed by atoms with E-state index in [1.54, 1.807) is 0 Å². The van der Waals surface area contributed by atoms with Crippen LogP contribution in [0.2, 0.25) is 0 Å². The van der Waals surface area contributed by atoms with Gasteiger partial charge in [0.2, 0.25) is 0 Å². The van der Waals surface area contributed by atoms with E-state index >= 15 is 0 Å². The highest BCUT2D eigenvalue weighted by Crippen LogP contribution is 1.93. The second-order valence-electron chi connectivity index (χ2n) is 1.66. The van der Waals surface area contributed by atoms with Crippen LogP contribution in [0.25, 0.3) is 0 Å². The van der Waals surface area contributed by atoms with Crippen LogP contribution in [0, 0.1) is 0 Å². The molecule has 0 aromatic heterocycles. The Kier molecular flexibility index (Phi) is 4.65. The van der Waals surface area contributed by atoms with Gasteiger partial charge in [0.05, 0.1) is 0 Å². The van der Waals surface area contributed by atoms with Crippen molar-refractivity contribution in [1.82, 2.24) is 0 Å². The van der Waals surface area contributed by atoms with E-state index in [0.29, 0.717) is 6.42 Å². The van der Waals surface area contributed by atoms with Crippen LogP contribution in [0.15, 0.2) is 0 Å². The van der Waals surface area contributed by atoms with Crippen molar-refractivity contribution < 1.29 is 12.6 Å². The highest BCUT2D eigenvalue weighted by molar-refractivity contribution is 7.67. The van der Waals surface area contributed by atoms with Crippen molar-refractivity contribution in [3.63, 3.8) is 0 Å². The van der Waals surface area contributed by atoms with Crippen molar-refractivity contribution in [1.29, 1.82) is 0 Å². The zero-order valence-electron chi connectivity index (χ0n) is 5.24. The summed E-state index contributed by atoms with van der Waals surface area (Å²) in [7, 11) is -2.78. The lowest BCUT2D eigenvalue weighted by atomic mass is 10.3. The fraction of sp³-hybridized carbons (Fsp3) is 1.00. The van der Waals surface area contributed by atoms with E-state index in [4.69, 9.17) is 5.73 Å². The minimum Gasteiger partial charge on any atom is -0.305 e. The Hall–Kier alpha value is -0.130. The SMILES string of the molecule is CCCC(N)O[SH](=O)=O. The van der Waals surface area contributed by atoms with Crippen molar-refractivity contribution in [3.8, 4) is 0 Å². The van der Waals surface area contributed by atoms with E-state index in [9.17, 15) is 8.42 Å². The van der Waals surface area contributed by atoms with Gasteiger partial charge in [0.25, 0.3) is 11.0 Å². The highest BCUT2D eigenvalue weighted by Gasteiger charge is 1.99. The Morgan fingerprint density at radius 2 is 2.22 bits per heavy atom. The van der Waals surface area contributed by atoms with E-state index in [-0.39, 0.29) is 0 Å². The molecule has 0 aromatic rings. The molecule has 0 amide bonds. The summed E-state index contributed by atoms with van der Waals surface area (Å²) in [5.74, 6) is 0. The lowest BCUT2D eigenvalue weighted by molar-refractivity contribution is 0.215. The number of thiol groups is 1. The predicted octanol–water partition coefficient (Wildman–Crippen LogP) is -0.386. The summed E-state index contributed by atoms with van der Waals surface area (Å²) in [4.78, 5) is 0. The molecule has 0 aliphatic heterocycles. The van der Waals surface area contributed by atoms with E-state index < -0.39 is 17.2 Å². The molecule has 0 bridgehead atoms. The van der Waals surface area contributed by atoms with Crippen LogP contribution >= 0.6 is 0 Å². The standard InChI is InChI=1S/C4H11NO3S/c1-2-3-4(5)8-9(6)7/h4,9H,2-3,5H2,1H3. The van der Waals surface area contributed by atoms with Crippen LogP contribution in [0.1, 0.15) is 19.8 Å². The molecule has 2 N–H and O–H groups in total. The maximum absolute atomic E-state index is 9.82. The number of nitrogens with two attached hydrogens (primary N) is 1. The van der Waals surface area contributed by atoms with Crippen LogP contribution in [0.4, 0.5) is 0 Å². The van der Waals surface area contributed by atoms with Gasteiger partial charge in [0, 0.05) is 0 Å². The van der Waals surface area contributed by atoms with Crippen molar-refractivity contribution in [2.75, 3.05) is 0 Å². The molecule has 56 valence electrons. The third-order valence-electron chi connectivity index (χ3n) is 0.795. The summed E-state index contributed by atoms with van der Waals surface area (Å²) in [5.41, 5.74) is 5.18. The van der Waals surface area contributed by atoms with Crippen LogP contribution in [-0.2, 0) is 15.2 Å². The Morgan fingerprint density at radius 1 is 1.67 bits per heavy atom. The number of hydrogen-bond donors (Lipinski definition) is 2. The molecule has 0 saturated heterocycles. The Morgan fingerprint density at radius 3 is 2.56 bits per heavy atom. The summed E-state index contributed by atoms with van der Waals surface area (Å²) < 4.78 is 23.9. The van der Waals surface area contributed by atoms with E-state index in [1.165, 1.54) is 0 Å². The van der Waals surface area contributed by atoms with Gasteiger partial charge in [0.15, 0.2) is 0 Å². The van der Waals surface area contributed by atoms with Gasteiger partial charge in [-0.1, -0.05) is 13.3 Å². The summed E-state index contributed by atoms with van der Waals surface area (Å²) in [5, 5.41) is 0. The molecule has 0 saturated carbocycles. The topological polar surface area (TPSA) is 69.4 Å². The van der Waals surface area contributed by atoms with Gasteiger partial charge in [0.1, 0.15) is 6.23 Å². The Bertz CT molecular complexity index is 126. The molecule has 0 rings (SSSR count). The Balaban J connectivity index is 3.37. The summed E-state index contributed by atoms with van der Waals surface area (Å²) in [6, 6.07) is 0. The average Bonchev–Trinajstić information content (AvgIpc) is 1.63. The monoisotopic (exact) mass is 153 g/mol. The lowest BCUT2D eigenvalue weighted by Gasteiger charge is -2.03. The summed E-state index contributed by atoms with van der Waals surface area (Å²) in [6.07, 6.45) is 0.740. The van der Waals surface area contributed by atoms with Gasteiger partial charge in [-0.2, -0.15) is 0 Å². The van der Waals surface area contributed by atoms with Gasteiger partial charge >= 0.3 is 0 Å². The molecule has 4 nitrogen and oxygen atoms in total. The number of hydrogen-bond acceptors (Lipinski definition) is 4. The predicted molar refractivity (Wildman–Crippen MR) is 34.3 cm³/mol. The molecule has 0 spiro atoms. The van der Waals surface area contributed by atoms with Crippen molar-refractivity contribution in [3.05, 3.63) is 0 Å². The maximum atomic E-state index is 9.82. The van der Waals surface area contributed by atoms with E-state index in [1.807, 2.05) is 6.92 Å². The van der Waals surface area contributed by atoms with Crippen molar-refractivity contribution in [2.45, 2.75) is 26.0 Å². The lowest BCUT2D eigenvalue weighted by Crippen LogP contribution is -2.22. The molecular weight excluding hydrogens is 142 g/mol. The van der Waals surface area contributed by atoms with Crippen LogP contribution in [-0.4, -0.2) is 14.6 Å². The smallest absolute Gasteiger partial charge is 0.258 e. The third-order valence-corrected chi connectivity index (χ3v) is 1.24. The first-order valence-corrected chi connectivity index (χ1v) is 3.83. The molecule has 0 aliphatic carbocycles. The molecule has 9 heavy (non-hydrogen) atoms. The fourth-order valence-electron chi connectivity index (χ4n) is 0.448. The first-order chi connectivity index (χ1) is 4.16. The minimum absolute atomic E-state index is 0.573. The zero-order chi connectivity index (χ0) is 7.28. The van der Waals surface area contributed by atoms with Gasteiger partial charge in [-0.3, -0.25) is 4.18 Å². The summed E-state index contributed by atoms with van der Waals surface area (Å²) in [6.45, 7) is 1.90. The molecule has 1 atom stereocenters. The van der Waals surface area contributed by atoms with E-state index in [0.717, 1.165) is 6.42 Å². The van der Waals surface area contributed by atoms with Crippen LogP contribution < -0.4 is 5.73 Å². The second kappa shape index (κ2) is 4.72. The first kappa shape index (κ1) is 8.87. The van der Waals surface area contributed by atoms with Crippen LogP contribution in [0.3, 0.4) is 0 Å². The maximum Gasteiger partial charge on any atom is 0.258 e. The van der Waals surface area contributed by atoms with Gasteiger partial charge < -0.3 is 5.73 Å². The van der Waals surface area contributed by atoms with E-state index in [2.05, 4.69) is 4.18 Å². The molecule has 0 aromatic carbocycles. The average molecular weight is 153 g/mol. The van der Waals surface area contributed by atoms with Crippen molar-refractivity contribution >= 4 is 11.0 Å². The molecule has 0 heterocycles. The zero-order valence-corrected chi connectivity index (χ0v) is 6.14. The third kappa shape index (κ3) is 5.75. The first-order valence-electron chi connectivity index (χ1n) is 2.73.